The first-order chi connectivity index (χ1) is 16.5. The quantitative estimate of drug-likeness (QED) is 0.228. The molecular weight excluding hydrogens is 436 g/mol. The molecule has 192 valence electrons. The Morgan fingerprint density at radius 2 is 1.66 bits per heavy atom. The van der Waals surface area contributed by atoms with Crippen molar-refractivity contribution < 1.29 is 19.1 Å². The molecule has 2 rings (SSSR count). The number of esters is 2. The molecule has 0 heterocycles. The van der Waals surface area contributed by atoms with Crippen LogP contribution in [0, 0.1) is 12.8 Å². The Morgan fingerprint density at radius 1 is 1.00 bits per heavy atom. The first kappa shape index (κ1) is 28.6. The molecule has 0 fully saturated rings. The molecule has 0 bridgehead atoms. The standard InChI is InChI=1S/C31H44O4/c1-9-12-13-23-14-16-24(17-15-23)29(32)35-28-22(6)19-25(31(7,8)10-2)20-26(28)27(18-21(4)5)30(33)34-11-3/h14-17,19-21,27H,9-13,18H2,1-8H3. The molecule has 2 aromatic rings. The number of benzene rings is 2. The van der Waals surface area contributed by atoms with Crippen LogP contribution in [-0.4, -0.2) is 18.5 Å². The summed E-state index contributed by atoms with van der Waals surface area (Å²) >= 11 is 0. The van der Waals surface area contributed by atoms with Crippen LogP contribution in [-0.2, 0) is 21.4 Å². The molecule has 1 atom stereocenters. The number of rotatable bonds is 12. The number of hydrogen-bond donors (Lipinski definition) is 0. The van der Waals surface area contributed by atoms with E-state index in [-0.39, 0.29) is 17.3 Å². The van der Waals surface area contributed by atoms with E-state index >= 15 is 0 Å². The lowest BCUT2D eigenvalue weighted by Crippen LogP contribution is -2.22. The normalized spacial score (nSPS) is 12.5. The average molecular weight is 481 g/mol. The minimum absolute atomic E-state index is 0.0760. The highest BCUT2D eigenvalue weighted by atomic mass is 16.5. The zero-order chi connectivity index (χ0) is 26.2. The first-order valence-electron chi connectivity index (χ1n) is 13.2. The van der Waals surface area contributed by atoms with Crippen LogP contribution < -0.4 is 4.74 Å². The molecule has 0 spiro atoms. The summed E-state index contributed by atoms with van der Waals surface area (Å²) in [5.74, 6) is -0.442. The van der Waals surface area contributed by atoms with Crippen molar-refractivity contribution in [1.29, 1.82) is 0 Å². The maximum atomic E-state index is 13.2. The lowest BCUT2D eigenvalue weighted by Gasteiger charge is -2.28. The molecular formula is C31H44O4. The summed E-state index contributed by atoms with van der Waals surface area (Å²) in [6, 6.07) is 11.8. The van der Waals surface area contributed by atoms with Crippen LogP contribution in [0.2, 0.25) is 0 Å². The van der Waals surface area contributed by atoms with Gasteiger partial charge >= 0.3 is 11.9 Å². The SMILES string of the molecule is CCCCc1ccc(C(=O)Oc2c(C)cc(C(C)(C)CC)cc2C(CC(C)C)C(=O)OCC)cc1. The van der Waals surface area contributed by atoms with E-state index in [1.807, 2.05) is 38.1 Å². The van der Waals surface area contributed by atoms with Crippen LogP contribution in [0.1, 0.15) is 113 Å². The highest BCUT2D eigenvalue weighted by Gasteiger charge is 2.31. The van der Waals surface area contributed by atoms with Crippen molar-refractivity contribution in [2.24, 2.45) is 5.92 Å². The molecule has 0 saturated carbocycles. The van der Waals surface area contributed by atoms with E-state index in [1.165, 1.54) is 5.56 Å². The van der Waals surface area contributed by atoms with Gasteiger partial charge in [-0.1, -0.05) is 72.2 Å². The number of aryl methyl sites for hydroxylation is 2. The van der Waals surface area contributed by atoms with Gasteiger partial charge in [0.1, 0.15) is 5.75 Å². The topological polar surface area (TPSA) is 52.6 Å². The second kappa shape index (κ2) is 12.9. The molecule has 0 amide bonds. The zero-order valence-electron chi connectivity index (χ0n) is 23.0. The van der Waals surface area contributed by atoms with Gasteiger partial charge in [0.25, 0.3) is 0 Å². The summed E-state index contributed by atoms with van der Waals surface area (Å²) in [4.78, 5) is 26.3. The molecule has 0 aromatic heterocycles. The van der Waals surface area contributed by atoms with Gasteiger partial charge in [-0.05, 0) is 79.7 Å². The Kier molecular flexibility index (Phi) is 10.5. The van der Waals surface area contributed by atoms with Crippen LogP contribution in [0.4, 0.5) is 0 Å². The molecule has 1 unspecified atom stereocenters. The number of hydrogen-bond acceptors (Lipinski definition) is 4. The Balaban J connectivity index is 2.54. The fourth-order valence-corrected chi connectivity index (χ4v) is 4.20. The number of carbonyl (C=O) groups is 2. The second-order valence-electron chi connectivity index (χ2n) is 10.6. The summed E-state index contributed by atoms with van der Waals surface area (Å²) in [6.45, 7) is 17.0. The van der Waals surface area contributed by atoms with Gasteiger partial charge in [0, 0.05) is 5.56 Å². The van der Waals surface area contributed by atoms with Crippen molar-refractivity contribution in [2.75, 3.05) is 6.61 Å². The fraction of sp³-hybridized carbons (Fsp3) is 0.548. The third-order valence-corrected chi connectivity index (χ3v) is 6.83. The minimum atomic E-state index is -0.500. The monoisotopic (exact) mass is 480 g/mol. The molecule has 0 aliphatic carbocycles. The Bertz CT molecular complexity index is 986. The van der Waals surface area contributed by atoms with E-state index in [0.29, 0.717) is 24.3 Å². The molecule has 0 aliphatic heterocycles. The first-order valence-corrected chi connectivity index (χ1v) is 13.2. The molecule has 4 nitrogen and oxygen atoms in total. The van der Waals surface area contributed by atoms with Crippen molar-refractivity contribution in [2.45, 2.75) is 98.8 Å². The largest absolute Gasteiger partial charge is 0.466 e. The molecule has 0 aliphatic rings. The predicted octanol–water partition coefficient (Wildman–Crippen LogP) is 7.94. The third kappa shape index (κ3) is 7.68. The van der Waals surface area contributed by atoms with E-state index in [2.05, 4.69) is 53.7 Å². The van der Waals surface area contributed by atoms with Gasteiger partial charge in [-0.2, -0.15) is 0 Å². The van der Waals surface area contributed by atoms with Crippen molar-refractivity contribution in [1.82, 2.24) is 0 Å². The van der Waals surface area contributed by atoms with Crippen molar-refractivity contribution in [3.8, 4) is 5.75 Å². The lowest BCUT2D eigenvalue weighted by molar-refractivity contribution is -0.145. The molecule has 0 N–H and O–H groups in total. The highest BCUT2D eigenvalue weighted by molar-refractivity contribution is 5.92. The van der Waals surface area contributed by atoms with Crippen LogP contribution in [0.25, 0.3) is 0 Å². The van der Waals surface area contributed by atoms with E-state index < -0.39 is 11.9 Å². The Morgan fingerprint density at radius 3 is 2.20 bits per heavy atom. The van der Waals surface area contributed by atoms with Crippen LogP contribution in [0.5, 0.6) is 5.75 Å². The molecule has 0 radical (unpaired) electrons. The van der Waals surface area contributed by atoms with Gasteiger partial charge in [-0.15, -0.1) is 0 Å². The van der Waals surface area contributed by atoms with Crippen molar-refractivity contribution >= 4 is 11.9 Å². The van der Waals surface area contributed by atoms with Crippen LogP contribution in [0.3, 0.4) is 0 Å². The Labute approximate surface area is 212 Å². The van der Waals surface area contributed by atoms with Gasteiger partial charge in [0.15, 0.2) is 0 Å². The van der Waals surface area contributed by atoms with E-state index in [1.54, 1.807) is 0 Å². The highest BCUT2D eigenvalue weighted by Crippen LogP contribution is 2.40. The van der Waals surface area contributed by atoms with Crippen LogP contribution in [0.15, 0.2) is 36.4 Å². The molecule has 35 heavy (non-hydrogen) atoms. The van der Waals surface area contributed by atoms with Gasteiger partial charge in [-0.25, -0.2) is 4.79 Å². The average Bonchev–Trinajstić information content (AvgIpc) is 2.82. The third-order valence-electron chi connectivity index (χ3n) is 6.83. The van der Waals surface area contributed by atoms with Gasteiger partial charge in [-0.3, -0.25) is 4.79 Å². The van der Waals surface area contributed by atoms with Gasteiger partial charge < -0.3 is 9.47 Å². The van der Waals surface area contributed by atoms with E-state index in [9.17, 15) is 9.59 Å². The van der Waals surface area contributed by atoms with Crippen molar-refractivity contribution in [3.05, 3.63) is 64.2 Å². The predicted molar refractivity (Wildman–Crippen MR) is 143 cm³/mol. The van der Waals surface area contributed by atoms with E-state index in [4.69, 9.17) is 9.47 Å². The zero-order valence-corrected chi connectivity index (χ0v) is 23.0. The second-order valence-corrected chi connectivity index (χ2v) is 10.6. The van der Waals surface area contributed by atoms with E-state index in [0.717, 1.165) is 42.4 Å². The molecule has 4 heteroatoms. The number of carbonyl (C=O) groups excluding carboxylic acids is 2. The summed E-state index contributed by atoms with van der Waals surface area (Å²) in [6.07, 6.45) is 4.82. The molecule has 2 aromatic carbocycles. The fourth-order valence-electron chi connectivity index (χ4n) is 4.20. The Hall–Kier alpha value is -2.62. The maximum Gasteiger partial charge on any atom is 0.343 e. The minimum Gasteiger partial charge on any atom is -0.466 e. The lowest BCUT2D eigenvalue weighted by atomic mass is 9.78. The summed E-state index contributed by atoms with van der Waals surface area (Å²) in [5.41, 5.74) is 4.36. The summed E-state index contributed by atoms with van der Waals surface area (Å²) in [5, 5.41) is 0. The summed E-state index contributed by atoms with van der Waals surface area (Å²) in [7, 11) is 0. The molecule has 0 saturated heterocycles. The smallest absolute Gasteiger partial charge is 0.343 e. The van der Waals surface area contributed by atoms with Gasteiger partial charge in [0.2, 0.25) is 0 Å². The summed E-state index contributed by atoms with van der Waals surface area (Å²) < 4.78 is 11.5. The number of unbranched alkanes of at least 4 members (excludes halogenated alkanes) is 1. The maximum absolute atomic E-state index is 13.2. The van der Waals surface area contributed by atoms with Crippen LogP contribution >= 0.6 is 0 Å². The van der Waals surface area contributed by atoms with Gasteiger partial charge in [0.05, 0.1) is 18.1 Å². The number of ether oxygens (including phenoxy) is 2. The van der Waals surface area contributed by atoms with Crippen molar-refractivity contribution in [3.63, 3.8) is 0 Å².